The average Bonchev–Trinajstić information content (AvgIpc) is 2.44. The van der Waals surface area contributed by atoms with E-state index in [4.69, 9.17) is 5.73 Å². The van der Waals surface area contributed by atoms with Crippen LogP contribution in [-0.2, 0) is 9.59 Å². The van der Waals surface area contributed by atoms with Gasteiger partial charge in [0, 0.05) is 17.3 Å². The molecule has 0 aliphatic carbocycles. The van der Waals surface area contributed by atoms with Crippen molar-refractivity contribution in [2.75, 3.05) is 22.6 Å². The highest BCUT2D eigenvalue weighted by Gasteiger charge is 2.13. The Bertz CT molecular complexity index is 492. The van der Waals surface area contributed by atoms with E-state index in [0.29, 0.717) is 17.8 Å². The molecule has 0 aromatic heterocycles. The monoisotopic (exact) mass is 309 g/mol. The van der Waals surface area contributed by atoms with Crippen LogP contribution in [0.15, 0.2) is 24.3 Å². The molecule has 0 aliphatic heterocycles. The summed E-state index contributed by atoms with van der Waals surface area (Å²) in [6, 6.07) is 6.53. The maximum absolute atomic E-state index is 11.9. The van der Waals surface area contributed by atoms with Crippen LogP contribution in [0.2, 0.25) is 0 Å². The van der Waals surface area contributed by atoms with Gasteiger partial charge in [0.15, 0.2) is 0 Å². The number of carbonyl (C=O) groups excluding carboxylic acids is 2. The molecule has 5 nitrogen and oxygen atoms in total. The maximum Gasteiger partial charge on any atom is 0.241 e. The van der Waals surface area contributed by atoms with Crippen LogP contribution in [0.4, 0.5) is 11.4 Å². The number of nitrogens with one attached hydrogen (secondary N) is 2. The molecule has 0 heterocycles. The van der Waals surface area contributed by atoms with Crippen molar-refractivity contribution >= 4 is 35.0 Å². The van der Waals surface area contributed by atoms with E-state index in [1.165, 1.54) is 0 Å². The number of anilines is 2. The standard InChI is InChI=1S/C15H23N3O2S/c1-10(2)14(19)17-11-5-4-6-12(9-11)18-15(20)13(16)7-8-21-3/h4-6,9-10,13H,7-8,16H2,1-3H3,(H,17,19)(H,18,20)/t13-/m0/s1. The van der Waals surface area contributed by atoms with Crippen molar-refractivity contribution in [3.63, 3.8) is 0 Å². The average molecular weight is 309 g/mol. The van der Waals surface area contributed by atoms with Crippen LogP contribution in [0.25, 0.3) is 0 Å². The van der Waals surface area contributed by atoms with Crippen molar-refractivity contribution in [2.24, 2.45) is 11.7 Å². The Morgan fingerprint density at radius 2 is 1.76 bits per heavy atom. The van der Waals surface area contributed by atoms with Gasteiger partial charge in [-0.1, -0.05) is 19.9 Å². The highest BCUT2D eigenvalue weighted by Crippen LogP contribution is 2.16. The second-order valence-corrected chi connectivity index (χ2v) is 6.09. The van der Waals surface area contributed by atoms with Gasteiger partial charge in [-0.25, -0.2) is 0 Å². The van der Waals surface area contributed by atoms with Gasteiger partial charge in [0.2, 0.25) is 11.8 Å². The Kier molecular flexibility index (Phi) is 7.25. The van der Waals surface area contributed by atoms with E-state index in [0.717, 1.165) is 5.75 Å². The summed E-state index contributed by atoms with van der Waals surface area (Å²) in [5, 5.41) is 5.56. The fraction of sp³-hybridized carbons (Fsp3) is 0.467. The Morgan fingerprint density at radius 3 is 2.29 bits per heavy atom. The molecule has 0 fully saturated rings. The van der Waals surface area contributed by atoms with Gasteiger partial charge in [-0.2, -0.15) is 11.8 Å². The number of nitrogens with two attached hydrogens (primary N) is 1. The number of amides is 2. The molecule has 4 N–H and O–H groups in total. The second kappa shape index (κ2) is 8.69. The van der Waals surface area contributed by atoms with E-state index in [2.05, 4.69) is 10.6 Å². The minimum Gasteiger partial charge on any atom is -0.326 e. The van der Waals surface area contributed by atoms with Crippen LogP contribution in [0.5, 0.6) is 0 Å². The van der Waals surface area contributed by atoms with Crippen LogP contribution in [0.3, 0.4) is 0 Å². The summed E-state index contributed by atoms with van der Waals surface area (Å²) >= 11 is 1.66. The first-order chi connectivity index (χ1) is 9.93. The summed E-state index contributed by atoms with van der Waals surface area (Å²) < 4.78 is 0. The summed E-state index contributed by atoms with van der Waals surface area (Å²) in [6.07, 6.45) is 2.61. The molecular weight excluding hydrogens is 286 g/mol. The summed E-state index contributed by atoms with van der Waals surface area (Å²) in [5.74, 6) is 0.480. The molecule has 0 saturated carbocycles. The summed E-state index contributed by atoms with van der Waals surface area (Å²) in [5.41, 5.74) is 7.10. The van der Waals surface area contributed by atoms with Crippen molar-refractivity contribution in [3.05, 3.63) is 24.3 Å². The largest absolute Gasteiger partial charge is 0.326 e. The van der Waals surface area contributed by atoms with E-state index < -0.39 is 6.04 Å². The number of hydrogen-bond donors (Lipinski definition) is 3. The second-order valence-electron chi connectivity index (χ2n) is 5.10. The third-order valence-corrected chi connectivity index (χ3v) is 3.54. The number of thioether (sulfide) groups is 1. The molecule has 1 aromatic carbocycles. The Labute approximate surface area is 130 Å². The number of benzene rings is 1. The third-order valence-electron chi connectivity index (χ3n) is 2.89. The van der Waals surface area contributed by atoms with E-state index in [9.17, 15) is 9.59 Å². The molecule has 0 spiro atoms. The van der Waals surface area contributed by atoms with E-state index in [-0.39, 0.29) is 17.7 Å². The predicted molar refractivity (Wildman–Crippen MR) is 89.5 cm³/mol. The lowest BCUT2D eigenvalue weighted by molar-refractivity contribution is -0.119. The summed E-state index contributed by atoms with van der Waals surface area (Å²) in [6.45, 7) is 3.65. The van der Waals surface area contributed by atoms with E-state index in [1.54, 1.807) is 36.0 Å². The molecule has 6 heteroatoms. The predicted octanol–water partition coefficient (Wildman–Crippen LogP) is 2.30. The molecule has 0 saturated heterocycles. The minimum absolute atomic E-state index is 0.0600. The normalized spacial score (nSPS) is 12.0. The van der Waals surface area contributed by atoms with Gasteiger partial charge in [-0.3, -0.25) is 9.59 Å². The summed E-state index contributed by atoms with van der Waals surface area (Å²) in [7, 11) is 0. The molecule has 0 radical (unpaired) electrons. The molecule has 0 unspecified atom stereocenters. The first kappa shape index (κ1) is 17.5. The summed E-state index contributed by atoms with van der Waals surface area (Å²) in [4.78, 5) is 23.6. The quantitative estimate of drug-likeness (QED) is 0.721. The molecule has 1 atom stereocenters. The topological polar surface area (TPSA) is 84.2 Å². The van der Waals surface area contributed by atoms with Crippen molar-refractivity contribution in [1.29, 1.82) is 0 Å². The SMILES string of the molecule is CSCC[C@H](N)C(=O)Nc1cccc(NC(=O)C(C)C)c1. The zero-order chi connectivity index (χ0) is 15.8. The molecule has 0 bridgehead atoms. The van der Waals surface area contributed by atoms with Gasteiger partial charge in [0.25, 0.3) is 0 Å². The zero-order valence-corrected chi connectivity index (χ0v) is 13.5. The van der Waals surface area contributed by atoms with Crippen LogP contribution in [-0.4, -0.2) is 29.9 Å². The highest BCUT2D eigenvalue weighted by atomic mass is 32.2. The lowest BCUT2D eigenvalue weighted by atomic mass is 10.2. The molecular formula is C15H23N3O2S. The van der Waals surface area contributed by atoms with Gasteiger partial charge in [0.05, 0.1) is 6.04 Å². The van der Waals surface area contributed by atoms with Crippen molar-refractivity contribution in [3.8, 4) is 0 Å². The number of carbonyl (C=O) groups is 2. The fourth-order valence-corrected chi connectivity index (χ4v) is 2.06. The molecule has 116 valence electrons. The van der Waals surface area contributed by atoms with Crippen LogP contribution < -0.4 is 16.4 Å². The van der Waals surface area contributed by atoms with Gasteiger partial charge in [-0.05, 0) is 36.6 Å². The zero-order valence-electron chi connectivity index (χ0n) is 12.7. The van der Waals surface area contributed by atoms with E-state index in [1.807, 2.05) is 20.1 Å². The van der Waals surface area contributed by atoms with Crippen LogP contribution >= 0.6 is 11.8 Å². The van der Waals surface area contributed by atoms with Gasteiger partial charge < -0.3 is 16.4 Å². The third kappa shape index (κ3) is 6.18. The highest BCUT2D eigenvalue weighted by molar-refractivity contribution is 7.98. The Hall–Kier alpha value is -1.53. The van der Waals surface area contributed by atoms with Gasteiger partial charge in [0.1, 0.15) is 0 Å². The molecule has 21 heavy (non-hydrogen) atoms. The van der Waals surface area contributed by atoms with Crippen LogP contribution in [0, 0.1) is 5.92 Å². The minimum atomic E-state index is -0.522. The molecule has 1 aromatic rings. The van der Waals surface area contributed by atoms with Crippen molar-refractivity contribution in [1.82, 2.24) is 0 Å². The van der Waals surface area contributed by atoms with Crippen molar-refractivity contribution in [2.45, 2.75) is 26.3 Å². The van der Waals surface area contributed by atoms with Crippen molar-refractivity contribution < 1.29 is 9.59 Å². The lowest BCUT2D eigenvalue weighted by Gasteiger charge is -2.13. The number of rotatable bonds is 7. The van der Waals surface area contributed by atoms with Gasteiger partial charge in [-0.15, -0.1) is 0 Å². The molecule has 0 aliphatic rings. The Morgan fingerprint density at radius 1 is 1.19 bits per heavy atom. The molecule has 2 amide bonds. The number of hydrogen-bond acceptors (Lipinski definition) is 4. The first-order valence-electron chi connectivity index (χ1n) is 6.90. The lowest BCUT2D eigenvalue weighted by Crippen LogP contribution is -2.36. The van der Waals surface area contributed by atoms with Gasteiger partial charge >= 0.3 is 0 Å². The maximum atomic E-state index is 11.9. The molecule has 1 rings (SSSR count). The van der Waals surface area contributed by atoms with Crippen LogP contribution in [0.1, 0.15) is 20.3 Å². The first-order valence-corrected chi connectivity index (χ1v) is 8.29. The van der Waals surface area contributed by atoms with E-state index >= 15 is 0 Å². The Balaban J connectivity index is 2.64. The fourth-order valence-electron chi connectivity index (χ4n) is 1.57. The smallest absolute Gasteiger partial charge is 0.241 e.